The maximum atomic E-state index is 13.2. The Morgan fingerprint density at radius 1 is 1.00 bits per heavy atom. The highest BCUT2D eigenvalue weighted by Crippen LogP contribution is 2.38. The number of benzene rings is 1. The Hall–Kier alpha value is -1.97. The molecule has 3 amide bonds. The monoisotopic (exact) mass is 474 g/mol. The fraction of sp³-hybridized carbons (Fsp3) is 0.667. The van der Waals surface area contributed by atoms with Crippen molar-refractivity contribution in [2.75, 3.05) is 32.8 Å². The highest BCUT2D eigenvalue weighted by molar-refractivity contribution is 7.89. The van der Waals surface area contributed by atoms with E-state index in [9.17, 15) is 18.0 Å². The lowest BCUT2D eigenvalue weighted by Crippen LogP contribution is -2.55. The molecule has 0 unspecified atom stereocenters. The third-order valence-corrected chi connectivity index (χ3v) is 10.0. The molecule has 2 aliphatic heterocycles. The summed E-state index contributed by atoms with van der Waals surface area (Å²) >= 11 is 0. The molecule has 2 heterocycles. The van der Waals surface area contributed by atoms with E-state index in [-0.39, 0.29) is 24.5 Å². The summed E-state index contributed by atoms with van der Waals surface area (Å²) in [5.74, 6) is 0.00937. The molecule has 0 aromatic heterocycles. The molecule has 9 heteroatoms. The number of amides is 3. The van der Waals surface area contributed by atoms with Crippen LogP contribution in [0.25, 0.3) is 0 Å². The highest BCUT2D eigenvalue weighted by atomic mass is 32.2. The van der Waals surface area contributed by atoms with Crippen LogP contribution in [0.4, 0.5) is 4.79 Å². The molecule has 33 heavy (non-hydrogen) atoms. The molecule has 180 valence electrons. The average Bonchev–Trinajstić information content (AvgIpc) is 3.06. The van der Waals surface area contributed by atoms with Crippen molar-refractivity contribution < 1.29 is 18.0 Å². The Morgan fingerprint density at radius 2 is 1.73 bits per heavy atom. The molecular formula is C24H34N4O4S. The number of hydrogen-bond acceptors (Lipinski definition) is 5. The molecule has 1 aromatic carbocycles. The predicted octanol–water partition coefficient (Wildman–Crippen LogP) is 2.33. The summed E-state index contributed by atoms with van der Waals surface area (Å²) in [6.45, 7) is 3.94. The van der Waals surface area contributed by atoms with E-state index in [2.05, 4.69) is 5.32 Å². The SMILES string of the molecule is C[C@H]1CCCC[C@@]12NC(=O)N(CN1CCN(S(=O)(=O)c3ccc4c(c3)CCCC4)CC1)C2=O. The normalized spacial score (nSPS) is 29.4. The Bertz CT molecular complexity index is 1050. The summed E-state index contributed by atoms with van der Waals surface area (Å²) < 4.78 is 28.0. The number of nitrogens with zero attached hydrogens (tertiary/aromatic N) is 3. The molecule has 8 nitrogen and oxygen atoms in total. The second-order valence-corrected chi connectivity index (χ2v) is 12.0. The standard InChI is InChI=1S/C24H34N4O4S/c1-18-6-4-5-11-24(18)22(29)28(23(30)25-24)17-26-12-14-27(15-13-26)33(31,32)21-10-9-19-7-2-3-8-20(19)16-21/h9-10,16,18H,2-8,11-15,17H2,1H3,(H,25,30)/t18-,24+/m0/s1. The summed E-state index contributed by atoms with van der Waals surface area (Å²) in [5, 5.41) is 2.99. The van der Waals surface area contributed by atoms with Crippen LogP contribution in [-0.2, 0) is 27.7 Å². The molecule has 1 saturated carbocycles. The number of imide groups is 1. The van der Waals surface area contributed by atoms with Gasteiger partial charge in [-0.25, -0.2) is 18.1 Å². The van der Waals surface area contributed by atoms with Gasteiger partial charge in [-0.15, -0.1) is 0 Å². The summed E-state index contributed by atoms with van der Waals surface area (Å²) in [4.78, 5) is 29.6. The molecule has 5 rings (SSSR count). The number of rotatable bonds is 4. The molecule has 2 saturated heterocycles. The van der Waals surface area contributed by atoms with E-state index in [0.717, 1.165) is 44.1 Å². The number of carbonyl (C=O) groups excluding carboxylic acids is 2. The minimum Gasteiger partial charge on any atom is -0.323 e. The van der Waals surface area contributed by atoms with Gasteiger partial charge in [0, 0.05) is 26.2 Å². The molecule has 1 N–H and O–H groups in total. The van der Waals surface area contributed by atoms with Gasteiger partial charge in [-0.05, 0) is 67.7 Å². The van der Waals surface area contributed by atoms with Crippen LogP contribution in [0, 0.1) is 5.92 Å². The second kappa shape index (κ2) is 8.67. The van der Waals surface area contributed by atoms with Gasteiger partial charge in [0.25, 0.3) is 5.91 Å². The van der Waals surface area contributed by atoms with Crippen LogP contribution in [0.15, 0.2) is 23.1 Å². The van der Waals surface area contributed by atoms with Gasteiger partial charge < -0.3 is 5.32 Å². The van der Waals surface area contributed by atoms with Crippen LogP contribution in [0.3, 0.4) is 0 Å². The highest BCUT2D eigenvalue weighted by Gasteiger charge is 2.55. The van der Waals surface area contributed by atoms with Gasteiger partial charge in [0.05, 0.1) is 11.6 Å². The second-order valence-electron chi connectivity index (χ2n) is 10.1. The van der Waals surface area contributed by atoms with Gasteiger partial charge >= 0.3 is 6.03 Å². The number of nitrogens with one attached hydrogen (secondary N) is 1. The largest absolute Gasteiger partial charge is 0.326 e. The zero-order chi connectivity index (χ0) is 23.2. The number of hydrogen-bond donors (Lipinski definition) is 1. The molecule has 1 spiro atoms. The molecular weight excluding hydrogens is 440 g/mol. The van der Waals surface area contributed by atoms with Crippen LogP contribution >= 0.6 is 0 Å². The van der Waals surface area contributed by atoms with Gasteiger partial charge in [0.2, 0.25) is 10.0 Å². The number of aryl methyl sites for hydroxylation is 2. The van der Waals surface area contributed by atoms with E-state index in [0.29, 0.717) is 37.5 Å². The van der Waals surface area contributed by atoms with Crippen LogP contribution in [0.2, 0.25) is 0 Å². The molecule has 4 aliphatic rings. The predicted molar refractivity (Wildman–Crippen MR) is 124 cm³/mol. The number of carbonyl (C=O) groups is 2. The third-order valence-electron chi connectivity index (χ3n) is 8.13. The molecule has 2 atom stereocenters. The van der Waals surface area contributed by atoms with Gasteiger partial charge in [-0.2, -0.15) is 4.31 Å². The van der Waals surface area contributed by atoms with Gasteiger partial charge in [0.15, 0.2) is 0 Å². The molecule has 0 bridgehead atoms. The van der Waals surface area contributed by atoms with Crippen molar-refractivity contribution in [2.45, 2.75) is 68.7 Å². The topological polar surface area (TPSA) is 90.0 Å². The van der Waals surface area contributed by atoms with Crippen LogP contribution in [-0.4, -0.2) is 72.8 Å². The first-order valence-corrected chi connectivity index (χ1v) is 13.7. The maximum Gasteiger partial charge on any atom is 0.326 e. The maximum absolute atomic E-state index is 13.2. The summed E-state index contributed by atoms with van der Waals surface area (Å²) in [5.41, 5.74) is 1.67. The van der Waals surface area contributed by atoms with Crippen molar-refractivity contribution >= 4 is 22.0 Å². The molecule has 1 aromatic rings. The van der Waals surface area contributed by atoms with Crippen molar-refractivity contribution in [1.29, 1.82) is 0 Å². The summed E-state index contributed by atoms with van der Waals surface area (Å²) in [7, 11) is -3.55. The van der Waals surface area contributed by atoms with E-state index < -0.39 is 15.6 Å². The average molecular weight is 475 g/mol. The fourth-order valence-electron chi connectivity index (χ4n) is 5.95. The number of urea groups is 1. The van der Waals surface area contributed by atoms with Crippen molar-refractivity contribution in [3.63, 3.8) is 0 Å². The van der Waals surface area contributed by atoms with Crippen molar-refractivity contribution in [1.82, 2.24) is 19.4 Å². The van der Waals surface area contributed by atoms with Crippen LogP contribution in [0.5, 0.6) is 0 Å². The first kappa shape index (κ1) is 22.8. The zero-order valence-corrected chi connectivity index (χ0v) is 20.2. The van der Waals surface area contributed by atoms with E-state index in [1.165, 1.54) is 21.2 Å². The minimum absolute atomic E-state index is 0.121. The fourth-order valence-corrected chi connectivity index (χ4v) is 7.43. The lowest BCUT2D eigenvalue weighted by molar-refractivity contribution is -0.135. The van der Waals surface area contributed by atoms with Gasteiger partial charge in [0.1, 0.15) is 5.54 Å². The van der Waals surface area contributed by atoms with E-state index in [1.54, 1.807) is 6.07 Å². The Labute approximate surface area is 196 Å². The first-order valence-electron chi connectivity index (χ1n) is 12.3. The third kappa shape index (κ3) is 3.98. The quantitative estimate of drug-likeness (QED) is 0.677. The Morgan fingerprint density at radius 3 is 2.45 bits per heavy atom. The number of sulfonamides is 1. The van der Waals surface area contributed by atoms with Crippen LogP contribution < -0.4 is 5.32 Å². The first-order chi connectivity index (χ1) is 15.8. The minimum atomic E-state index is -3.55. The van der Waals surface area contributed by atoms with Crippen molar-refractivity contribution in [3.8, 4) is 0 Å². The van der Waals surface area contributed by atoms with Gasteiger partial charge in [-0.3, -0.25) is 9.69 Å². The van der Waals surface area contributed by atoms with Crippen molar-refractivity contribution in [2.24, 2.45) is 5.92 Å². The van der Waals surface area contributed by atoms with Gasteiger partial charge in [-0.1, -0.05) is 25.8 Å². The van der Waals surface area contributed by atoms with Crippen molar-refractivity contribution in [3.05, 3.63) is 29.3 Å². The van der Waals surface area contributed by atoms with E-state index in [4.69, 9.17) is 0 Å². The Balaban J connectivity index is 1.22. The van der Waals surface area contributed by atoms with E-state index in [1.807, 2.05) is 24.0 Å². The molecule has 2 aliphatic carbocycles. The summed E-state index contributed by atoms with van der Waals surface area (Å²) in [6, 6.07) is 5.24. The van der Waals surface area contributed by atoms with E-state index >= 15 is 0 Å². The molecule has 3 fully saturated rings. The van der Waals surface area contributed by atoms with Crippen LogP contribution in [0.1, 0.15) is 56.6 Å². The summed E-state index contributed by atoms with van der Waals surface area (Å²) in [6.07, 6.45) is 7.92. The Kier molecular flexibility index (Phi) is 5.99. The lowest BCUT2D eigenvalue weighted by Gasteiger charge is -2.38. The number of fused-ring (bicyclic) bond motifs is 1. The lowest BCUT2D eigenvalue weighted by atomic mass is 9.73. The smallest absolute Gasteiger partial charge is 0.323 e. The molecule has 0 radical (unpaired) electrons. The number of piperazine rings is 1. The zero-order valence-electron chi connectivity index (χ0n) is 19.4.